The van der Waals surface area contributed by atoms with Gasteiger partial charge in [0.05, 0.1) is 29.8 Å². The van der Waals surface area contributed by atoms with Crippen LogP contribution in [0.25, 0.3) is 11.1 Å². The van der Waals surface area contributed by atoms with Gasteiger partial charge in [0.15, 0.2) is 29.8 Å². The van der Waals surface area contributed by atoms with Crippen LogP contribution in [0.5, 0.6) is 5.75 Å². The quantitative estimate of drug-likeness (QED) is 0.0706. The normalized spacial score (nSPS) is 17.3. The van der Waals surface area contributed by atoms with Gasteiger partial charge in [0.2, 0.25) is 6.20 Å². The second kappa shape index (κ2) is 13.4. The summed E-state index contributed by atoms with van der Waals surface area (Å²) in [4.78, 5) is 35.5. The number of carbonyl (C=O) groups excluding carboxylic acids is 2. The molecule has 5 N–H and O–H groups in total. The van der Waals surface area contributed by atoms with Gasteiger partial charge in [-0.25, -0.2) is 4.98 Å². The number of nitrogens with zero attached hydrogens (tertiary/aromatic N) is 5. The zero-order valence-corrected chi connectivity index (χ0v) is 26.4. The zero-order valence-electron chi connectivity index (χ0n) is 24.7. The lowest BCUT2D eigenvalue weighted by molar-refractivity contribution is -0.753. The third kappa shape index (κ3) is 7.78. The molecule has 1 saturated heterocycles. The molecule has 15 nitrogen and oxygen atoms in total. The van der Waals surface area contributed by atoms with Crippen molar-refractivity contribution in [3.8, 4) is 16.9 Å². The molecule has 3 heterocycles. The summed E-state index contributed by atoms with van der Waals surface area (Å²) in [5.74, 6) is -1.70. The van der Waals surface area contributed by atoms with Crippen molar-refractivity contribution >= 4 is 44.3 Å². The van der Waals surface area contributed by atoms with Crippen LogP contribution in [0, 0.1) is 5.92 Å². The van der Waals surface area contributed by atoms with Crippen LogP contribution in [-0.2, 0) is 42.7 Å². The van der Waals surface area contributed by atoms with Crippen LogP contribution in [-0.4, -0.2) is 69.9 Å². The Bertz CT molecular complexity index is 1630. The number of Topliss-reactive ketones (excluding diaryl/α,β-unsaturated/α-hetero) is 1. The molecule has 1 aliphatic heterocycles. The molecule has 0 bridgehead atoms. The van der Waals surface area contributed by atoms with Gasteiger partial charge in [-0.2, -0.15) is 18.2 Å². The number of nitrogens with two attached hydrogens (primary N) is 2. The standard InChI is InChI=1S/C27H35N7O8S2/c1-17(15-40-20-8-6-18(7-9-20)19-13-32(4)33(14-19)11-5-10-28)41-31-24(22-16-43-26(29)30-22)23(35)12-21-25(36)34(27(21,2)3)42-44(37,38)39/h6-9,13-14,16-17,21H,5,10-12,15,28H2,1-4H3,(H2-,29,30,37,38,39)/p+1/b31-24-/t17-,21-/m1/s1. The van der Waals surface area contributed by atoms with Crippen molar-refractivity contribution in [2.75, 3.05) is 18.9 Å². The highest BCUT2D eigenvalue weighted by atomic mass is 32.3. The molecule has 0 radical (unpaired) electrons. The van der Waals surface area contributed by atoms with E-state index in [1.54, 1.807) is 6.92 Å². The Hall–Kier alpha value is -3.90. The molecule has 2 atom stereocenters. The van der Waals surface area contributed by atoms with Crippen LogP contribution in [0.3, 0.4) is 0 Å². The summed E-state index contributed by atoms with van der Waals surface area (Å²) in [5.41, 5.74) is 12.3. The molecule has 4 rings (SSSR count). The van der Waals surface area contributed by atoms with Crippen molar-refractivity contribution in [3.05, 3.63) is 47.7 Å². The number of hydroxylamine groups is 2. The summed E-state index contributed by atoms with van der Waals surface area (Å²) in [6.07, 6.45) is 4.07. The van der Waals surface area contributed by atoms with Gasteiger partial charge in [0.1, 0.15) is 18.1 Å². The number of nitrogen functional groups attached to an aromatic ring is 1. The number of hydrogen-bond donors (Lipinski definition) is 3. The summed E-state index contributed by atoms with van der Waals surface area (Å²) < 4.78 is 45.5. The van der Waals surface area contributed by atoms with E-state index in [-0.39, 0.29) is 29.6 Å². The Balaban J connectivity index is 1.38. The number of ether oxygens (including phenoxy) is 1. The molecular formula is C27H36N7O8S2+. The number of carbonyl (C=O) groups is 2. The molecule has 0 saturated carbocycles. The van der Waals surface area contributed by atoms with E-state index in [0.717, 1.165) is 35.4 Å². The highest BCUT2D eigenvalue weighted by Gasteiger charge is 2.57. The van der Waals surface area contributed by atoms with Crippen molar-refractivity contribution in [1.29, 1.82) is 0 Å². The number of aryl methyl sites for hydroxylation is 2. The van der Waals surface area contributed by atoms with Crippen LogP contribution < -0.4 is 20.9 Å². The predicted octanol–water partition coefficient (Wildman–Crippen LogP) is 1.49. The number of anilines is 1. The summed E-state index contributed by atoms with van der Waals surface area (Å²) in [6.45, 7) is 6.28. The van der Waals surface area contributed by atoms with E-state index in [2.05, 4.69) is 25.3 Å². The van der Waals surface area contributed by atoms with E-state index in [4.69, 9.17) is 25.6 Å². The third-order valence-electron chi connectivity index (χ3n) is 7.07. The number of β-lactam (4-membered cyclic amide) rings is 1. The zero-order chi connectivity index (χ0) is 32.2. The molecule has 2 aromatic heterocycles. The fourth-order valence-electron chi connectivity index (χ4n) is 4.60. The molecule has 17 heteroatoms. The first-order valence-electron chi connectivity index (χ1n) is 13.7. The van der Waals surface area contributed by atoms with Gasteiger partial charge in [-0.05, 0) is 51.4 Å². The van der Waals surface area contributed by atoms with E-state index in [9.17, 15) is 18.0 Å². The molecule has 0 spiro atoms. The Morgan fingerprint density at radius 2 is 1.98 bits per heavy atom. The number of thiazole rings is 1. The fourth-order valence-corrected chi connectivity index (χ4v) is 5.60. The lowest BCUT2D eigenvalue weighted by atomic mass is 9.74. The summed E-state index contributed by atoms with van der Waals surface area (Å²) in [5, 5.41) is 6.29. The van der Waals surface area contributed by atoms with E-state index in [0.29, 0.717) is 17.4 Å². The van der Waals surface area contributed by atoms with Crippen molar-refractivity contribution in [2.45, 2.75) is 51.8 Å². The van der Waals surface area contributed by atoms with E-state index in [1.165, 1.54) is 19.2 Å². The van der Waals surface area contributed by atoms with E-state index in [1.807, 2.05) is 42.2 Å². The minimum atomic E-state index is -4.92. The summed E-state index contributed by atoms with van der Waals surface area (Å²) in [7, 11) is -2.94. The van der Waals surface area contributed by atoms with Crippen LogP contribution in [0.4, 0.5) is 5.13 Å². The van der Waals surface area contributed by atoms with Gasteiger partial charge in [0.25, 0.3) is 5.91 Å². The van der Waals surface area contributed by atoms with Crippen molar-refractivity contribution < 1.29 is 41.1 Å². The van der Waals surface area contributed by atoms with Crippen LogP contribution in [0.2, 0.25) is 0 Å². The van der Waals surface area contributed by atoms with Gasteiger partial charge in [-0.1, -0.05) is 17.3 Å². The maximum atomic E-state index is 13.3. The first kappa shape index (κ1) is 33.0. The monoisotopic (exact) mass is 650 g/mol. The lowest BCUT2D eigenvalue weighted by Crippen LogP contribution is -2.68. The Morgan fingerprint density at radius 3 is 2.57 bits per heavy atom. The Morgan fingerprint density at radius 1 is 1.27 bits per heavy atom. The Labute approximate surface area is 258 Å². The minimum absolute atomic E-state index is 0.115. The average Bonchev–Trinajstić information content (AvgIpc) is 3.56. The lowest BCUT2D eigenvalue weighted by Gasteiger charge is -2.50. The first-order valence-corrected chi connectivity index (χ1v) is 15.9. The molecule has 3 aromatic rings. The van der Waals surface area contributed by atoms with Crippen LogP contribution in [0.15, 0.2) is 47.2 Å². The number of benzene rings is 1. The van der Waals surface area contributed by atoms with E-state index >= 15 is 0 Å². The smallest absolute Gasteiger partial charge is 0.418 e. The molecule has 1 amide bonds. The first-order chi connectivity index (χ1) is 20.7. The van der Waals surface area contributed by atoms with Crippen molar-refractivity contribution in [1.82, 2.24) is 14.7 Å². The molecule has 1 aliphatic rings. The molecule has 0 aliphatic carbocycles. The number of rotatable bonds is 15. The highest BCUT2D eigenvalue weighted by Crippen LogP contribution is 2.40. The molecule has 1 aromatic carbocycles. The maximum absolute atomic E-state index is 13.3. The maximum Gasteiger partial charge on any atom is 0.418 e. The van der Waals surface area contributed by atoms with Crippen molar-refractivity contribution in [2.24, 2.45) is 23.9 Å². The molecule has 44 heavy (non-hydrogen) atoms. The summed E-state index contributed by atoms with van der Waals surface area (Å²) >= 11 is 1.10. The number of ketones is 1. The van der Waals surface area contributed by atoms with Gasteiger partial charge in [-0.3, -0.25) is 14.1 Å². The molecular weight excluding hydrogens is 614 g/mol. The van der Waals surface area contributed by atoms with Crippen LogP contribution in [0.1, 0.15) is 39.3 Å². The van der Waals surface area contributed by atoms with E-state index < -0.39 is 39.7 Å². The third-order valence-corrected chi connectivity index (χ3v) is 8.08. The number of hydrogen-bond acceptors (Lipinski definition) is 12. The highest BCUT2D eigenvalue weighted by molar-refractivity contribution is 7.80. The van der Waals surface area contributed by atoms with Crippen molar-refractivity contribution in [3.63, 3.8) is 0 Å². The second-order valence-corrected chi connectivity index (χ2v) is 12.7. The van der Waals surface area contributed by atoms with Gasteiger partial charge >= 0.3 is 10.4 Å². The minimum Gasteiger partial charge on any atom is -0.490 e. The van der Waals surface area contributed by atoms with Gasteiger partial charge in [-0.15, -0.1) is 20.3 Å². The largest absolute Gasteiger partial charge is 0.490 e. The Kier molecular flexibility index (Phi) is 10.0. The number of aromatic nitrogens is 3. The fraction of sp³-hybridized carbons (Fsp3) is 0.444. The predicted molar refractivity (Wildman–Crippen MR) is 160 cm³/mol. The van der Waals surface area contributed by atoms with Gasteiger partial charge in [0, 0.05) is 11.8 Å². The van der Waals surface area contributed by atoms with Gasteiger partial charge < -0.3 is 21.0 Å². The molecule has 1 fully saturated rings. The topological polar surface area (TPSA) is 206 Å². The molecule has 238 valence electrons. The average molecular weight is 651 g/mol. The number of amides is 1. The molecule has 0 unspecified atom stereocenters. The SMILES string of the molecule is C[C@H](COc1ccc(-c2cn(CCCN)[n+](C)c2)cc1)O/N=C(\C(=O)C[C@@H]1C(=O)N(OS(=O)(=O)O)C1(C)C)c1csc(N)n1. The number of oxime groups is 1. The second-order valence-electron chi connectivity index (χ2n) is 10.8. The summed E-state index contributed by atoms with van der Waals surface area (Å²) in [6, 6.07) is 7.61. The van der Waals surface area contributed by atoms with Crippen LogP contribution >= 0.6 is 11.3 Å².